The van der Waals surface area contributed by atoms with E-state index in [9.17, 15) is 22.8 Å². The summed E-state index contributed by atoms with van der Waals surface area (Å²) >= 11 is 0. The molecule has 1 aliphatic rings. The van der Waals surface area contributed by atoms with Crippen LogP contribution in [-0.4, -0.2) is 53.8 Å². The minimum atomic E-state index is -4.57. The number of likely N-dealkylation sites (tertiary alicyclic amines) is 1. The van der Waals surface area contributed by atoms with Crippen LogP contribution in [0.2, 0.25) is 0 Å². The molecular formula is C13H16F3N3O4. The molecule has 1 aliphatic heterocycles. The molecule has 0 radical (unpaired) electrons. The van der Waals surface area contributed by atoms with Crippen molar-refractivity contribution in [3.63, 3.8) is 0 Å². The number of hydrogen-bond donors (Lipinski definition) is 1. The van der Waals surface area contributed by atoms with Crippen LogP contribution in [0, 0.1) is 0 Å². The number of piperidine rings is 1. The summed E-state index contributed by atoms with van der Waals surface area (Å²) in [5, 5.41) is 5.94. The fourth-order valence-corrected chi connectivity index (χ4v) is 2.54. The first-order valence-corrected chi connectivity index (χ1v) is 6.88. The Balaban J connectivity index is 2.23. The average Bonchev–Trinajstić information content (AvgIpc) is 2.93. The molecule has 0 saturated carbocycles. The lowest BCUT2D eigenvalue weighted by molar-refractivity contribution is -0.184. The van der Waals surface area contributed by atoms with Gasteiger partial charge in [-0.05, 0) is 18.0 Å². The standard InChI is InChI=1S/C13H16F3N3O4/c1-7(20)17-8-3-4-10(13(14,15)16)19(6-8)12(21)9-5-11(22-2)18-23-9/h5,8,10H,3-4,6H2,1-2H3,(H,17,20)/t8-,10-/m1/s1. The Morgan fingerprint density at radius 1 is 1.43 bits per heavy atom. The highest BCUT2D eigenvalue weighted by Crippen LogP contribution is 2.33. The van der Waals surface area contributed by atoms with Gasteiger partial charge >= 0.3 is 6.18 Å². The van der Waals surface area contributed by atoms with Gasteiger partial charge in [-0.15, -0.1) is 0 Å². The summed E-state index contributed by atoms with van der Waals surface area (Å²) in [5.41, 5.74) is 0. The number of ether oxygens (including phenoxy) is 1. The maximum Gasteiger partial charge on any atom is 0.408 e. The molecule has 1 aromatic heterocycles. The number of aromatic nitrogens is 1. The first kappa shape index (κ1) is 17.1. The molecule has 2 heterocycles. The van der Waals surface area contributed by atoms with E-state index in [-0.39, 0.29) is 36.9 Å². The molecule has 128 valence electrons. The van der Waals surface area contributed by atoms with Crippen LogP contribution in [0.1, 0.15) is 30.3 Å². The molecule has 1 saturated heterocycles. The Labute approximate surface area is 129 Å². The number of carbonyl (C=O) groups excluding carboxylic acids is 2. The SMILES string of the molecule is COc1cc(C(=O)N2C[C@H](NC(C)=O)CC[C@@H]2C(F)(F)F)on1. The van der Waals surface area contributed by atoms with Crippen LogP contribution in [0.3, 0.4) is 0 Å². The van der Waals surface area contributed by atoms with E-state index in [1.54, 1.807) is 0 Å². The molecule has 0 aromatic carbocycles. The summed E-state index contributed by atoms with van der Waals surface area (Å²) in [6.07, 6.45) is -4.74. The highest BCUT2D eigenvalue weighted by Gasteiger charge is 2.48. The van der Waals surface area contributed by atoms with Crippen LogP contribution < -0.4 is 10.1 Å². The number of amides is 2. The summed E-state index contributed by atoms with van der Waals surface area (Å²) < 4.78 is 49.0. The number of nitrogens with one attached hydrogen (secondary N) is 1. The highest BCUT2D eigenvalue weighted by atomic mass is 19.4. The summed E-state index contributed by atoms with van der Waals surface area (Å²) in [4.78, 5) is 24.1. The quantitative estimate of drug-likeness (QED) is 0.901. The lowest BCUT2D eigenvalue weighted by Crippen LogP contribution is -2.58. The zero-order valence-electron chi connectivity index (χ0n) is 12.5. The second-order valence-electron chi connectivity index (χ2n) is 5.22. The Hall–Kier alpha value is -2.26. The molecule has 0 spiro atoms. The monoisotopic (exact) mass is 335 g/mol. The maximum atomic E-state index is 13.2. The fraction of sp³-hybridized carbons (Fsp3) is 0.615. The Morgan fingerprint density at radius 3 is 2.65 bits per heavy atom. The predicted octanol–water partition coefficient (Wildman–Crippen LogP) is 1.35. The van der Waals surface area contributed by atoms with E-state index >= 15 is 0 Å². The second-order valence-corrected chi connectivity index (χ2v) is 5.22. The van der Waals surface area contributed by atoms with Gasteiger partial charge in [-0.25, -0.2) is 0 Å². The molecule has 10 heteroatoms. The normalized spacial score (nSPS) is 21.9. The highest BCUT2D eigenvalue weighted by molar-refractivity contribution is 5.92. The number of alkyl halides is 3. The summed E-state index contributed by atoms with van der Waals surface area (Å²) in [7, 11) is 1.29. The second kappa shape index (κ2) is 6.47. The van der Waals surface area contributed by atoms with E-state index in [2.05, 4.69) is 10.5 Å². The lowest BCUT2D eigenvalue weighted by atomic mass is 9.97. The van der Waals surface area contributed by atoms with Crippen LogP contribution in [-0.2, 0) is 4.79 Å². The number of carbonyl (C=O) groups is 2. The van der Waals surface area contributed by atoms with Crippen molar-refractivity contribution in [2.45, 2.75) is 38.0 Å². The van der Waals surface area contributed by atoms with Crippen molar-refractivity contribution in [2.75, 3.05) is 13.7 Å². The van der Waals surface area contributed by atoms with Gasteiger partial charge in [-0.1, -0.05) is 0 Å². The van der Waals surface area contributed by atoms with Crippen LogP contribution in [0.15, 0.2) is 10.6 Å². The smallest absolute Gasteiger partial charge is 0.408 e. The van der Waals surface area contributed by atoms with Gasteiger partial charge in [-0.2, -0.15) is 13.2 Å². The van der Waals surface area contributed by atoms with Gasteiger partial charge in [0.1, 0.15) is 6.04 Å². The Morgan fingerprint density at radius 2 is 2.13 bits per heavy atom. The summed E-state index contributed by atoms with van der Waals surface area (Å²) in [5.74, 6) is -1.67. The van der Waals surface area contributed by atoms with Crippen molar-refractivity contribution < 1.29 is 32.0 Å². The van der Waals surface area contributed by atoms with Crippen LogP contribution in [0.25, 0.3) is 0 Å². The zero-order chi connectivity index (χ0) is 17.2. The minimum absolute atomic E-state index is 0.00710. The van der Waals surface area contributed by atoms with E-state index in [4.69, 9.17) is 9.26 Å². The van der Waals surface area contributed by atoms with Gasteiger partial charge < -0.3 is 19.5 Å². The van der Waals surface area contributed by atoms with Gasteiger partial charge in [-0.3, -0.25) is 9.59 Å². The minimum Gasteiger partial charge on any atom is -0.479 e. The van der Waals surface area contributed by atoms with Gasteiger partial charge in [0.25, 0.3) is 11.8 Å². The van der Waals surface area contributed by atoms with Crippen LogP contribution in [0.5, 0.6) is 5.88 Å². The van der Waals surface area contributed by atoms with Crippen molar-refractivity contribution in [1.82, 2.24) is 15.4 Å². The molecule has 1 aromatic rings. The van der Waals surface area contributed by atoms with E-state index in [0.717, 1.165) is 6.07 Å². The number of methoxy groups -OCH3 is 1. The van der Waals surface area contributed by atoms with Gasteiger partial charge in [0.15, 0.2) is 0 Å². The summed E-state index contributed by atoms with van der Waals surface area (Å²) in [6.45, 7) is 1.01. The van der Waals surface area contributed by atoms with E-state index in [1.807, 2.05) is 0 Å². The Kier molecular flexibility index (Phi) is 4.81. The van der Waals surface area contributed by atoms with Crippen molar-refractivity contribution in [3.05, 3.63) is 11.8 Å². The topological polar surface area (TPSA) is 84.7 Å². The zero-order valence-corrected chi connectivity index (χ0v) is 12.5. The van der Waals surface area contributed by atoms with Gasteiger partial charge in [0, 0.05) is 19.5 Å². The third-order valence-electron chi connectivity index (χ3n) is 3.54. The molecule has 7 nitrogen and oxygen atoms in total. The molecule has 0 aliphatic carbocycles. The molecule has 1 N–H and O–H groups in total. The fourth-order valence-electron chi connectivity index (χ4n) is 2.54. The van der Waals surface area contributed by atoms with E-state index < -0.39 is 24.2 Å². The number of rotatable bonds is 3. The number of hydrogen-bond acceptors (Lipinski definition) is 5. The number of nitrogens with zero attached hydrogens (tertiary/aromatic N) is 2. The first-order chi connectivity index (χ1) is 10.7. The summed E-state index contributed by atoms with van der Waals surface area (Å²) in [6, 6.07) is -1.35. The first-order valence-electron chi connectivity index (χ1n) is 6.88. The lowest BCUT2D eigenvalue weighted by Gasteiger charge is -2.39. The van der Waals surface area contributed by atoms with Crippen molar-refractivity contribution in [3.8, 4) is 5.88 Å². The molecule has 0 bridgehead atoms. The van der Waals surface area contributed by atoms with Gasteiger partial charge in [0.05, 0.1) is 13.2 Å². The average molecular weight is 335 g/mol. The molecule has 23 heavy (non-hydrogen) atoms. The number of halogens is 3. The van der Waals surface area contributed by atoms with Crippen LogP contribution >= 0.6 is 0 Å². The molecule has 2 rings (SSSR count). The molecule has 2 amide bonds. The van der Waals surface area contributed by atoms with Crippen molar-refractivity contribution in [1.29, 1.82) is 0 Å². The molecular weight excluding hydrogens is 319 g/mol. The van der Waals surface area contributed by atoms with E-state index in [1.165, 1.54) is 14.0 Å². The van der Waals surface area contributed by atoms with Crippen molar-refractivity contribution in [2.24, 2.45) is 0 Å². The molecule has 0 unspecified atom stereocenters. The maximum absolute atomic E-state index is 13.2. The van der Waals surface area contributed by atoms with Crippen LogP contribution in [0.4, 0.5) is 13.2 Å². The largest absolute Gasteiger partial charge is 0.479 e. The third kappa shape index (κ3) is 3.93. The third-order valence-corrected chi connectivity index (χ3v) is 3.54. The van der Waals surface area contributed by atoms with Crippen molar-refractivity contribution >= 4 is 11.8 Å². The van der Waals surface area contributed by atoms with E-state index in [0.29, 0.717) is 4.90 Å². The molecule has 2 atom stereocenters. The molecule has 1 fully saturated rings. The Bertz CT molecular complexity index is 587. The van der Waals surface area contributed by atoms with Gasteiger partial charge in [0.2, 0.25) is 11.7 Å². The predicted molar refractivity (Wildman–Crippen MR) is 70.8 cm³/mol.